The first kappa shape index (κ1) is 14.9. The Bertz CT molecular complexity index is 223. The summed E-state index contributed by atoms with van der Waals surface area (Å²) < 4.78 is 0. The Balaban J connectivity index is 2.54. The fourth-order valence-corrected chi connectivity index (χ4v) is 2.48. The molecule has 0 saturated carbocycles. The minimum atomic E-state index is -0.245. The Hall–Kier alpha value is -0.120. The van der Waals surface area contributed by atoms with Crippen LogP contribution in [-0.4, -0.2) is 46.8 Å². The molecule has 102 valence electrons. The molecule has 1 aliphatic rings. The molecule has 0 bridgehead atoms. The average Bonchev–Trinajstić information content (AvgIpc) is 2.24. The van der Waals surface area contributed by atoms with Crippen LogP contribution in [-0.2, 0) is 0 Å². The van der Waals surface area contributed by atoms with Crippen LogP contribution in [0.1, 0.15) is 53.9 Å². The molecule has 17 heavy (non-hydrogen) atoms. The van der Waals surface area contributed by atoms with Crippen molar-refractivity contribution in [1.82, 2.24) is 10.2 Å². The van der Waals surface area contributed by atoms with Crippen LogP contribution in [0.3, 0.4) is 0 Å². The van der Waals surface area contributed by atoms with E-state index in [1.807, 2.05) is 6.92 Å². The maximum absolute atomic E-state index is 9.76. The van der Waals surface area contributed by atoms with Crippen molar-refractivity contribution in [3.05, 3.63) is 0 Å². The highest BCUT2D eigenvalue weighted by molar-refractivity contribution is 4.86. The molecular formula is C14H30N2O. The Kier molecular flexibility index (Phi) is 5.42. The summed E-state index contributed by atoms with van der Waals surface area (Å²) in [5, 5.41) is 13.3. The fourth-order valence-electron chi connectivity index (χ4n) is 2.48. The molecule has 0 aromatic rings. The summed E-state index contributed by atoms with van der Waals surface area (Å²) >= 11 is 0. The molecule has 3 unspecified atom stereocenters. The molecule has 0 radical (unpaired) electrons. The predicted octanol–water partition coefficient (Wildman–Crippen LogP) is 2.00. The molecule has 0 spiro atoms. The predicted molar refractivity (Wildman–Crippen MR) is 73.2 cm³/mol. The van der Waals surface area contributed by atoms with Crippen LogP contribution in [0.2, 0.25) is 0 Å². The number of nitrogens with one attached hydrogen (secondary N) is 1. The Morgan fingerprint density at radius 1 is 1.29 bits per heavy atom. The van der Waals surface area contributed by atoms with Crippen molar-refractivity contribution in [1.29, 1.82) is 0 Å². The summed E-state index contributed by atoms with van der Waals surface area (Å²) in [5.74, 6) is 0. The summed E-state index contributed by atoms with van der Waals surface area (Å²) in [4.78, 5) is 2.48. The van der Waals surface area contributed by atoms with E-state index in [-0.39, 0.29) is 17.7 Å². The van der Waals surface area contributed by atoms with Crippen molar-refractivity contribution in [3.63, 3.8) is 0 Å². The number of rotatable bonds is 4. The second-order valence-corrected chi connectivity index (χ2v) is 6.50. The standard InChI is InChI=1S/C14H30N2O/c1-11(12(2)17)16-9-7-6-8-13(16)10-15-14(3,4)5/h11-13,15,17H,6-10H2,1-5H3. The summed E-state index contributed by atoms with van der Waals surface area (Å²) in [6.07, 6.45) is 3.59. The van der Waals surface area contributed by atoms with Crippen LogP contribution in [0.5, 0.6) is 0 Å². The third-order valence-corrected chi connectivity index (χ3v) is 3.76. The van der Waals surface area contributed by atoms with E-state index in [2.05, 4.69) is 37.9 Å². The second kappa shape index (κ2) is 6.17. The number of nitrogens with zero attached hydrogens (tertiary/aromatic N) is 1. The van der Waals surface area contributed by atoms with Gasteiger partial charge in [0, 0.05) is 24.2 Å². The van der Waals surface area contributed by atoms with E-state index < -0.39 is 0 Å². The maximum Gasteiger partial charge on any atom is 0.0664 e. The van der Waals surface area contributed by atoms with Crippen molar-refractivity contribution in [3.8, 4) is 0 Å². The van der Waals surface area contributed by atoms with E-state index in [0.29, 0.717) is 6.04 Å². The molecule has 0 aromatic carbocycles. The van der Waals surface area contributed by atoms with Crippen LogP contribution >= 0.6 is 0 Å². The fraction of sp³-hybridized carbons (Fsp3) is 1.00. The third kappa shape index (κ3) is 4.94. The first-order chi connectivity index (χ1) is 7.81. The van der Waals surface area contributed by atoms with Gasteiger partial charge >= 0.3 is 0 Å². The summed E-state index contributed by atoms with van der Waals surface area (Å²) in [6.45, 7) is 12.8. The van der Waals surface area contributed by atoms with E-state index >= 15 is 0 Å². The Morgan fingerprint density at radius 2 is 1.94 bits per heavy atom. The number of aliphatic hydroxyl groups excluding tert-OH is 1. The molecule has 0 aliphatic carbocycles. The highest BCUT2D eigenvalue weighted by Gasteiger charge is 2.29. The maximum atomic E-state index is 9.76. The van der Waals surface area contributed by atoms with Gasteiger partial charge in [-0.2, -0.15) is 0 Å². The van der Waals surface area contributed by atoms with Crippen molar-refractivity contribution in [2.75, 3.05) is 13.1 Å². The van der Waals surface area contributed by atoms with Gasteiger partial charge in [0.1, 0.15) is 0 Å². The van der Waals surface area contributed by atoms with Crippen LogP contribution in [0, 0.1) is 0 Å². The minimum Gasteiger partial charge on any atom is -0.392 e. The molecule has 1 fully saturated rings. The van der Waals surface area contributed by atoms with Crippen LogP contribution in [0.15, 0.2) is 0 Å². The molecule has 3 heteroatoms. The van der Waals surface area contributed by atoms with Gasteiger partial charge in [-0.05, 0) is 54.0 Å². The second-order valence-electron chi connectivity index (χ2n) is 6.50. The van der Waals surface area contributed by atoms with Crippen LogP contribution in [0.4, 0.5) is 0 Å². The largest absolute Gasteiger partial charge is 0.392 e. The number of hydrogen-bond acceptors (Lipinski definition) is 3. The van der Waals surface area contributed by atoms with Gasteiger partial charge in [-0.15, -0.1) is 0 Å². The zero-order valence-corrected chi connectivity index (χ0v) is 12.2. The number of hydrogen-bond donors (Lipinski definition) is 2. The summed E-state index contributed by atoms with van der Waals surface area (Å²) in [6, 6.07) is 0.842. The van der Waals surface area contributed by atoms with Gasteiger partial charge in [0.05, 0.1) is 6.10 Å². The quantitative estimate of drug-likeness (QED) is 0.791. The molecular weight excluding hydrogens is 212 g/mol. The Morgan fingerprint density at radius 3 is 2.47 bits per heavy atom. The molecule has 0 amide bonds. The van der Waals surface area contributed by atoms with E-state index in [9.17, 15) is 5.11 Å². The molecule has 1 rings (SSSR count). The zero-order chi connectivity index (χ0) is 13.1. The molecule has 3 nitrogen and oxygen atoms in total. The van der Waals surface area contributed by atoms with Gasteiger partial charge in [0.15, 0.2) is 0 Å². The van der Waals surface area contributed by atoms with E-state index in [4.69, 9.17) is 0 Å². The monoisotopic (exact) mass is 242 g/mol. The summed E-state index contributed by atoms with van der Waals surface area (Å²) in [5.41, 5.74) is 0.178. The number of likely N-dealkylation sites (tertiary alicyclic amines) is 1. The van der Waals surface area contributed by atoms with Gasteiger partial charge in [-0.1, -0.05) is 6.42 Å². The van der Waals surface area contributed by atoms with Crippen LogP contribution < -0.4 is 5.32 Å². The zero-order valence-electron chi connectivity index (χ0n) is 12.2. The highest BCUT2D eigenvalue weighted by atomic mass is 16.3. The smallest absolute Gasteiger partial charge is 0.0664 e. The lowest BCUT2D eigenvalue weighted by Crippen LogP contribution is -2.54. The van der Waals surface area contributed by atoms with Gasteiger partial charge in [0.25, 0.3) is 0 Å². The third-order valence-electron chi connectivity index (χ3n) is 3.76. The summed E-state index contributed by atoms with van der Waals surface area (Å²) in [7, 11) is 0. The average molecular weight is 242 g/mol. The SMILES string of the molecule is CC(O)C(C)N1CCCCC1CNC(C)(C)C. The van der Waals surface area contributed by atoms with E-state index in [0.717, 1.165) is 13.1 Å². The first-order valence-electron chi connectivity index (χ1n) is 7.00. The highest BCUT2D eigenvalue weighted by Crippen LogP contribution is 2.21. The first-order valence-corrected chi connectivity index (χ1v) is 7.00. The lowest BCUT2D eigenvalue weighted by atomic mass is 9.97. The van der Waals surface area contributed by atoms with Gasteiger partial charge in [-0.25, -0.2) is 0 Å². The van der Waals surface area contributed by atoms with Crippen LogP contribution in [0.25, 0.3) is 0 Å². The lowest BCUT2D eigenvalue weighted by molar-refractivity contribution is 0.0233. The van der Waals surface area contributed by atoms with Gasteiger partial charge < -0.3 is 10.4 Å². The van der Waals surface area contributed by atoms with Gasteiger partial charge in [-0.3, -0.25) is 4.90 Å². The topological polar surface area (TPSA) is 35.5 Å². The Labute approximate surface area is 107 Å². The van der Waals surface area contributed by atoms with Crippen molar-refractivity contribution in [2.45, 2.75) is 77.6 Å². The number of aliphatic hydroxyl groups is 1. The van der Waals surface area contributed by atoms with Gasteiger partial charge in [0.2, 0.25) is 0 Å². The molecule has 3 atom stereocenters. The minimum absolute atomic E-state index is 0.178. The normalized spacial score (nSPS) is 26.8. The van der Waals surface area contributed by atoms with Crippen molar-refractivity contribution in [2.24, 2.45) is 0 Å². The van der Waals surface area contributed by atoms with E-state index in [1.165, 1.54) is 19.3 Å². The molecule has 1 saturated heterocycles. The van der Waals surface area contributed by atoms with Crippen molar-refractivity contribution < 1.29 is 5.11 Å². The molecule has 0 aromatic heterocycles. The van der Waals surface area contributed by atoms with Crippen molar-refractivity contribution >= 4 is 0 Å². The van der Waals surface area contributed by atoms with E-state index in [1.54, 1.807) is 0 Å². The molecule has 1 heterocycles. The molecule has 2 N–H and O–H groups in total. The lowest BCUT2D eigenvalue weighted by Gasteiger charge is -2.42. The number of piperidine rings is 1. The molecule has 1 aliphatic heterocycles.